The molecule has 0 amide bonds. The number of hydrogen-bond donors (Lipinski definition) is 1. The highest BCUT2D eigenvalue weighted by Crippen LogP contribution is 2.31. The second kappa shape index (κ2) is 8.67. The minimum atomic E-state index is -0.554. The molecule has 1 heterocycles. The molecule has 2 rings (SSSR count). The predicted molar refractivity (Wildman–Crippen MR) is 97.9 cm³/mol. The Balaban J connectivity index is 2.42. The van der Waals surface area contributed by atoms with E-state index in [9.17, 15) is 14.7 Å². The molecule has 1 aromatic carbocycles. The molecule has 0 spiro atoms. The average Bonchev–Trinajstić information content (AvgIpc) is 2.56. The van der Waals surface area contributed by atoms with Crippen LogP contribution in [0.1, 0.15) is 35.7 Å². The van der Waals surface area contributed by atoms with Crippen molar-refractivity contribution in [2.45, 2.75) is 32.3 Å². The molecule has 0 bridgehead atoms. The van der Waals surface area contributed by atoms with Crippen molar-refractivity contribution in [2.75, 3.05) is 0 Å². The lowest BCUT2D eigenvalue weighted by atomic mass is 9.97. The summed E-state index contributed by atoms with van der Waals surface area (Å²) in [5, 5.41) is 9.79. The summed E-state index contributed by atoms with van der Waals surface area (Å²) < 4.78 is 5.52. The Bertz CT molecular complexity index is 733. The number of aromatic hydroxyl groups is 1. The molecule has 4 nitrogen and oxygen atoms in total. The Labute approximate surface area is 152 Å². The van der Waals surface area contributed by atoms with Crippen LogP contribution in [0.3, 0.4) is 0 Å². The first kappa shape index (κ1) is 19.0. The van der Waals surface area contributed by atoms with Gasteiger partial charge in [0.15, 0.2) is 5.78 Å². The minimum absolute atomic E-state index is 0.00111. The van der Waals surface area contributed by atoms with E-state index in [1.807, 2.05) is 25.2 Å². The molecule has 0 saturated carbocycles. The molecule has 5 heteroatoms. The number of benzene rings is 1. The molecule has 0 aromatic heterocycles. The molecule has 1 N–H and O–H groups in total. The molecular formula is C20H21ClO4. The first-order valence-corrected chi connectivity index (χ1v) is 8.50. The molecular weight excluding hydrogens is 340 g/mol. The quantitative estimate of drug-likeness (QED) is 0.626. The first-order valence-electron chi connectivity index (χ1n) is 8.12. The van der Waals surface area contributed by atoms with Crippen LogP contribution in [0, 0.1) is 5.92 Å². The zero-order valence-corrected chi connectivity index (χ0v) is 14.8. The van der Waals surface area contributed by atoms with E-state index in [-0.39, 0.29) is 46.1 Å². The van der Waals surface area contributed by atoms with Crippen LogP contribution in [-0.4, -0.2) is 23.0 Å². The van der Waals surface area contributed by atoms with Gasteiger partial charge in [0.25, 0.3) is 0 Å². The van der Waals surface area contributed by atoms with Crippen molar-refractivity contribution in [3.05, 3.63) is 65.2 Å². The van der Waals surface area contributed by atoms with Gasteiger partial charge in [-0.3, -0.25) is 4.79 Å². The number of phenolic OH excluding ortho intramolecular Hbond substituents is 1. The largest absolute Gasteiger partial charge is 0.506 e. The van der Waals surface area contributed by atoms with Crippen LogP contribution >= 0.6 is 11.6 Å². The van der Waals surface area contributed by atoms with Gasteiger partial charge in [-0.25, -0.2) is 4.79 Å². The summed E-state index contributed by atoms with van der Waals surface area (Å²) in [6.45, 7) is 5.57. The van der Waals surface area contributed by atoms with Gasteiger partial charge in [-0.2, -0.15) is 0 Å². The number of cyclic esters (lactones) is 1. The van der Waals surface area contributed by atoms with Gasteiger partial charge in [-0.1, -0.05) is 35.9 Å². The second-order valence-corrected chi connectivity index (χ2v) is 6.43. The van der Waals surface area contributed by atoms with Gasteiger partial charge >= 0.3 is 5.97 Å². The van der Waals surface area contributed by atoms with Crippen LogP contribution in [0.15, 0.2) is 49.1 Å². The minimum Gasteiger partial charge on any atom is -0.506 e. The van der Waals surface area contributed by atoms with E-state index in [0.29, 0.717) is 6.42 Å². The van der Waals surface area contributed by atoms with Crippen molar-refractivity contribution >= 4 is 23.4 Å². The number of carbonyl (C=O) groups is 2. The fourth-order valence-corrected chi connectivity index (χ4v) is 3.01. The van der Waals surface area contributed by atoms with Gasteiger partial charge in [0.2, 0.25) is 0 Å². The van der Waals surface area contributed by atoms with E-state index < -0.39 is 5.97 Å². The fraction of sp³-hybridized carbons (Fsp3) is 0.300. The van der Waals surface area contributed by atoms with Crippen LogP contribution in [0.25, 0.3) is 0 Å². The van der Waals surface area contributed by atoms with Gasteiger partial charge in [0, 0.05) is 6.42 Å². The molecule has 1 aliphatic heterocycles. The summed E-state index contributed by atoms with van der Waals surface area (Å²) in [6, 6.07) is 2.76. The molecule has 1 aliphatic rings. The molecule has 2 atom stereocenters. The van der Waals surface area contributed by atoms with Gasteiger partial charge in [-0.05, 0) is 49.5 Å². The van der Waals surface area contributed by atoms with Crippen molar-refractivity contribution in [1.29, 1.82) is 0 Å². The molecule has 0 aliphatic carbocycles. The summed E-state index contributed by atoms with van der Waals surface area (Å²) in [7, 11) is 0. The van der Waals surface area contributed by atoms with E-state index >= 15 is 0 Å². The van der Waals surface area contributed by atoms with Crippen LogP contribution in [0.2, 0.25) is 5.02 Å². The third-order valence-corrected chi connectivity index (χ3v) is 4.40. The van der Waals surface area contributed by atoms with E-state index in [1.54, 1.807) is 6.08 Å². The number of hydrogen-bond acceptors (Lipinski definition) is 4. The van der Waals surface area contributed by atoms with E-state index in [0.717, 1.165) is 6.42 Å². The van der Waals surface area contributed by atoms with Crippen molar-refractivity contribution in [1.82, 2.24) is 0 Å². The Morgan fingerprint density at radius 3 is 2.84 bits per heavy atom. The first-order chi connectivity index (χ1) is 11.9. The van der Waals surface area contributed by atoms with Crippen molar-refractivity contribution < 1.29 is 19.4 Å². The molecule has 0 fully saturated rings. The number of allylic oxidation sites excluding steroid dienone is 5. The SMILES string of the molecule is C=CCC1/C=C\C=C\C(=O)Cc2c(ccc(O)c2Cl)C(=O)OC(C)C1. The summed E-state index contributed by atoms with van der Waals surface area (Å²) >= 11 is 6.11. The van der Waals surface area contributed by atoms with Crippen LogP contribution in [0.4, 0.5) is 0 Å². The van der Waals surface area contributed by atoms with Crippen LogP contribution < -0.4 is 0 Å². The third kappa shape index (κ3) is 5.07. The normalized spacial score (nSPS) is 24.1. The number of phenols is 1. The number of ketones is 1. The lowest BCUT2D eigenvalue weighted by Crippen LogP contribution is -2.19. The predicted octanol–water partition coefficient (Wildman–Crippen LogP) is 4.41. The lowest BCUT2D eigenvalue weighted by Gasteiger charge is -2.19. The van der Waals surface area contributed by atoms with Crippen molar-refractivity contribution in [3.63, 3.8) is 0 Å². The van der Waals surface area contributed by atoms with E-state index in [1.165, 1.54) is 18.2 Å². The van der Waals surface area contributed by atoms with Gasteiger partial charge in [0.05, 0.1) is 16.7 Å². The van der Waals surface area contributed by atoms with Crippen molar-refractivity contribution in [3.8, 4) is 5.75 Å². The summed E-state index contributed by atoms with van der Waals surface area (Å²) in [5.74, 6) is -0.794. The fourth-order valence-electron chi connectivity index (χ4n) is 2.78. The van der Waals surface area contributed by atoms with Crippen molar-refractivity contribution in [2.24, 2.45) is 5.92 Å². The highest BCUT2D eigenvalue weighted by atomic mass is 35.5. The summed E-state index contributed by atoms with van der Waals surface area (Å²) in [6.07, 6.45) is 9.67. The number of esters is 1. The number of ether oxygens (including phenoxy) is 1. The maximum absolute atomic E-state index is 12.5. The zero-order valence-electron chi connectivity index (χ0n) is 14.1. The Kier molecular flexibility index (Phi) is 6.59. The zero-order chi connectivity index (χ0) is 18.4. The molecule has 1 aromatic rings. The maximum atomic E-state index is 12.5. The monoisotopic (exact) mass is 360 g/mol. The third-order valence-electron chi connectivity index (χ3n) is 3.98. The van der Waals surface area contributed by atoms with Crippen LogP contribution in [-0.2, 0) is 16.0 Å². The van der Waals surface area contributed by atoms with E-state index in [2.05, 4.69) is 6.58 Å². The standard InChI is InChI=1S/C20H21ClO4/c1-3-6-14-7-4-5-8-15(22)12-17-16(9-10-18(23)19(17)21)20(24)25-13(2)11-14/h3-5,7-10,13-14,23H,1,6,11-12H2,2H3/b7-4-,8-5+. The van der Waals surface area contributed by atoms with E-state index in [4.69, 9.17) is 16.3 Å². The molecule has 0 saturated heterocycles. The highest BCUT2D eigenvalue weighted by molar-refractivity contribution is 6.33. The Hall–Kier alpha value is -2.33. The molecule has 25 heavy (non-hydrogen) atoms. The van der Waals surface area contributed by atoms with Gasteiger partial charge < -0.3 is 9.84 Å². The number of carbonyl (C=O) groups excluding carboxylic acids is 2. The summed E-state index contributed by atoms with van der Waals surface area (Å²) in [5.41, 5.74) is 0.475. The average molecular weight is 361 g/mol. The molecule has 132 valence electrons. The maximum Gasteiger partial charge on any atom is 0.338 e. The van der Waals surface area contributed by atoms with Gasteiger partial charge in [-0.15, -0.1) is 6.58 Å². The molecule has 0 radical (unpaired) electrons. The van der Waals surface area contributed by atoms with Crippen LogP contribution in [0.5, 0.6) is 5.75 Å². The topological polar surface area (TPSA) is 63.6 Å². The second-order valence-electron chi connectivity index (χ2n) is 6.05. The van der Waals surface area contributed by atoms with Gasteiger partial charge in [0.1, 0.15) is 5.75 Å². The lowest BCUT2D eigenvalue weighted by molar-refractivity contribution is -0.114. The molecule has 2 unspecified atom stereocenters. The summed E-state index contributed by atoms with van der Waals surface area (Å²) in [4.78, 5) is 24.7. The number of fused-ring (bicyclic) bond motifs is 1. The number of halogens is 1. The Morgan fingerprint density at radius 2 is 2.12 bits per heavy atom. The Morgan fingerprint density at radius 1 is 1.36 bits per heavy atom. The number of rotatable bonds is 2. The highest BCUT2D eigenvalue weighted by Gasteiger charge is 2.22. The smallest absolute Gasteiger partial charge is 0.338 e.